The van der Waals surface area contributed by atoms with Gasteiger partial charge in [0, 0.05) is 29.0 Å². The van der Waals surface area contributed by atoms with Crippen molar-refractivity contribution in [2.75, 3.05) is 29.8 Å². The fraction of sp³-hybridized carbons (Fsp3) is 0.577. The molecule has 0 saturated carbocycles. The number of hydrogen-bond donors (Lipinski definition) is 3. The number of hydroxylamine groups is 1. The number of hydrogen-bond acceptors (Lipinski definition) is 11. The lowest BCUT2D eigenvalue weighted by atomic mass is 9.77. The van der Waals surface area contributed by atoms with Gasteiger partial charge in [-0.2, -0.15) is 4.98 Å². The molecule has 2 aromatic rings. The number of aromatic nitrogens is 2. The molecule has 1 saturated heterocycles. The minimum absolute atomic E-state index is 0.0260. The van der Waals surface area contributed by atoms with Crippen LogP contribution in [0.25, 0.3) is 0 Å². The summed E-state index contributed by atoms with van der Waals surface area (Å²) in [6.45, 7) is 11.0. The second-order valence-electron chi connectivity index (χ2n) is 11.2. The monoisotopic (exact) mass is 524 g/mol. The molecule has 4 rings (SSSR count). The van der Waals surface area contributed by atoms with E-state index in [0.717, 1.165) is 37.1 Å². The summed E-state index contributed by atoms with van der Waals surface area (Å²) in [6.07, 6.45) is 4.90. The van der Waals surface area contributed by atoms with Crippen LogP contribution in [-0.2, 0) is 4.84 Å². The number of likely N-dealkylation sites (tertiary alicyclic amines) is 1. The molecule has 206 valence electrons. The molecular weight excluding hydrogens is 484 g/mol. The molecule has 1 amide bonds. The molecule has 0 spiro atoms. The van der Waals surface area contributed by atoms with Gasteiger partial charge in [0.25, 0.3) is 5.91 Å². The number of piperidine rings is 1. The molecule has 1 aromatic heterocycles. The molecule has 12 nitrogen and oxygen atoms in total. The van der Waals surface area contributed by atoms with Crippen LogP contribution in [0.1, 0.15) is 70.7 Å². The van der Waals surface area contributed by atoms with Crippen molar-refractivity contribution >= 4 is 29.0 Å². The first-order valence-corrected chi connectivity index (χ1v) is 13.0. The lowest BCUT2D eigenvalue weighted by Crippen LogP contribution is -2.61. The molecule has 1 fully saturated rings. The molecule has 3 heterocycles. The second-order valence-corrected chi connectivity index (χ2v) is 11.2. The summed E-state index contributed by atoms with van der Waals surface area (Å²) < 4.78 is 0. The standard InChI is InChI=1S/C26H40N10O2/c1-8-10-21-35(32-33-36(21)38-7)19-12-9-11-17(13-19)30-24-28-16-20(22(27)37)23(31-24)29-18-14-25(2,3)34(6)26(4,5)15-18/h9,11-13,16,18,21H,8,10,14-15H2,1-7H3,(H2,27,37)(H2,28,29,30,31). The van der Waals surface area contributed by atoms with Gasteiger partial charge in [-0.05, 0) is 82.7 Å². The minimum atomic E-state index is -0.573. The van der Waals surface area contributed by atoms with Crippen LogP contribution < -0.4 is 21.4 Å². The van der Waals surface area contributed by atoms with Crippen LogP contribution in [0.3, 0.4) is 0 Å². The summed E-state index contributed by atoms with van der Waals surface area (Å²) in [7, 11) is 3.74. The van der Waals surface area contributed by atoms with Gasteiger partial charge in [-0.25, -0.2) is 9.99 Å². The van der Waals surface area contributed by atoms with E-state index in [4.69, 9.17) is 10.6 Å². The number of primary amides is 1. The van der Waals surface area contributed by atoms with Gasteiger partial charge in [0.1, 0.15) is 5.82 Å². The predicted octanol–water partition coefficient (Wildman–Crippen LogP) is 4.47. The van der Waals surface area contributed by atoms with Gasteiger partial charge in [-0.1, -0.05) is 19.4 Å². The molecule has 0 aliphatic carbocycles. The first-order chi connectivity index (χ1) is 17.9. The number of amides is 1. The van der Waals surface area contributed by atoms with Crippen molar-refractivity contribution in [1.82, 2.24) is 20.0 Å². The van der Waals surface area contributed by atoms with Crippen molar-refractivity contribution in [2.45, 2.75) is 83.6 Å². The fourth-order valence-electron chi connectivity index (χ4n) is 5.42. The maximum absolute atomic E-state index is 12.2. The van der Waals surface area contributed by atoms with E-state index >= 15 is 0 Å². The van der Waals surface area contributed by atoms with Crippen molar-refractivity contribution in [3.05, 3.63) is 36.0 Å². The third kappa shape index (κ3) is 5.65. The first kappa shape index (κ1) is 27.5. The number of nitrogens with one attached hydrogen (secondary N) is 2. The zero-order chi connectivity index (χ0) is 27.7. The van der Waals surface area contributed by atoms with E-state index in [9.17, 15) is 4.79 Å². The highest BCUT2D eigenvalue weighted by atomic mass is 16.7. The van der Waals surface area contributed by atoms with E-state index in [2.05, 4.69) is 77.6 Å². The molecule has 0 radical (unpaired) electrons. The third-order valence-electron chi connectivity index (χ3n) is 7.57. The number of nitrogens with zero attached hydrogens (tertiary/aromatic N) is 7. The van der Waals surface area contributed by atoms with Gasteiger partial charge in [0.2, 0.25) is 5.95 Å². The Bertz CT molecular complexity index is 1170. The van der Waals surface area contributed by atoms with Crippen molar-refractivity contribution < 1.29 is 9.63 Å². The molecule has 2 aliphatic rings. The van der Waals surface area contributed by atoms with E-state index in [1.807, 2.05) is 29.3 Å². The smallest absolute Gasteiger partial charge is 0.254 e. The normalized spacial score (nSPS) is 21.1. The SMILES string of the molecule is CCCC1N(OC)N=NN1c1cccc(Nc2ncc(C(N)=O)c(NC3CC(C)(C)N(C)C(C)(C)C3)n2)c1. The largest absolute Gasteiger partial charge is 0.366 e. The van der Waals surface area contributed by atoms with Crippen LogP contribution >= 0.6 is 0 Å². The van der Waals surface area contributed by atoms with Crippen molar-refractivity contribution in [1.29, 1.82) is 0 Å². The molecule has 1 aromatic carbocycles. The molecule has 0 bridgehead atoms. The molecule has 4 N–H and O–H groups in total. The van der Waals surface area contributed by atoms with Gasteiger partial charge in [-0.3, -0.25) is 14.5 Å². The van der Waals surface area contributed by atoms with Gasteiger partial charge in [0.05, 0.1) is 18.4 Å². The highest BCUT2D eigenvalue weighted by molar-refractivity contribution is 5.97. The molecule has 1 atom stereocenters. The molecular formula is C26H40N10O2. The maximum Gasteiger partial charge on any atom is 0.254 e. The third-order valence-corrected chi connectivity index (χ3v) is 7.57. The Morgan fingerprint density at radius 2 is 1.89 bits per heavy atom. The van der Waals surface area contributed by atoms with Gasteiger partial charge in [-0.15, -0.1) is 5.17 Å². The average Bonchev–Trinajstić information content (AvgIpc) is 3.25. The Kier molecular flexibility index (Phi) is 7.75. The quantitative estimate of drug-likeness (QED) is 0.434. The lowest BCUT2D eigenvalue weighted by Gasteiger charge is -2.53. The Balaban J connectivity index is 1.56. The number of carbonyl (C=O) groups excluding carboxylic acids is 1. The van der Waals surface area contributed by atoms with Crippen LogP contribution in [0.4, 0.5) is 23.1 Å². The molecule has 12 heteroatoms. The summed E-state index contributed by atoms with van der Waals surface area (Å²) in [4.78, 5) is 29.0. The van der Waals surface area contributed by atoms with Gasteiger partial charge >= 0.3 is 0 Å². The summed E-state index contributed by atoms with van der Waals surface area (Å²) >= 11 is 0. The van der Waals surface area contributed by atoms with Gasteiger partial charge in [0.15, 0.2) is 6.17 Å². The number of benzene rings is 1. The Morgan fingerprint density at radius 3 is 2.53 bits per heavy atom. The minimum Gasteiger partial charge on any atom is -0.366 e. The van der Waals surface area contributed by atoms with Gasteiger partial charge < -0.3 is 16.4 Å². The van der Waals surface area contributed by atoms with E-state index in [1.165, 1.54) is 11.4 Å². The molecule has 2 aliphatic heterocycles. The van der Waals surface area contributed by atoms with E-state index in [-0.39, 0.29) is 28.8 Å². The summed E-state index contributed by atoms with van der Waals surface area (Å²) in [5.41, 5.74) is 7.50. The second kappa shape index (κ2) is 10.7. The predicted molar refractivity (Wildman–Crippen MR) is 148 cm³/mol. The average molecular weight is 525 g/mol. The summed E-state index contributed by atoms with van der Waals surface area (Å²) in [5.74, 6) is 0.212. The topological polar surface area (TPSA) is 137 Å². The highest BCUT2D eigenvalue weighted by Gasteiger charge is 2.43. The number of carbonyl (C=O) groups is 1. The summed E-state index contributed by atoms with van der Waals surface area (Å²) in [6, 6.07) is 7.85. The van der Waals surface area contributed by atoms with Crippen LogP contribution in [-0.4, -0.2) is 63.4 Å². The van der Waals surface area contributed by atoms with E-state index < -0.39 is 5.91 Å². The Morgan fingerprint density at radius 1 is 1.18 bits per heavy atom. The zero-order valence-electron chi connectivity index (χ0n) is 23.4. The zero-order valence-corrected chi connectivity index (χ0v) is 23.4. The lowest BCUT2D eigenvalue weighted by molar-refractivity contribution is -0.153. The highest BCUT2D eigenvalue weighted by Crippen LogP contribution is 2.38. The maximum atomic E-state index is 12.2. The number of anilines is 4. The van der Waals surface area contributed by atoms with Crippen LogP contribution in [0.15, 0.2) is 40.9 Å². The number of rotatable bonds is 9. The van der Waals surface area contributed by atoms with Crippen molar-refractivity contribution in [2.24, 2.45) is 16.2 Å². The van der Waals surface area contributed by atoms with Crippen LogP contribution in [0, 0.1) is 0 Å². The van der Waals surface area contributed by atoms with Crippen LogP contribution in [0.2, 0.25) is 0 Å². The van der Waals surface area contributed by atoms with E-state index in [1.54, 1.807) is 7.11 Å². The molecule has 38 heavy (non-hydrogen) atoms. The summed E-state index contributed by atoms with van der Waals surface area (Å²) in [5, 5.41) is 18.5. The van der Waals surface area contributed by atoms with E-state index in [0.29, 0.717) is 11.8 Å². The fourth-order valence-corrected chi connectivity index (χ4v) is 5.42. The number of nitrogens with two attached hydrogens (primary N) is 1. The van der Waals surface area contributed by atoms with Crippen molar-refractivity contribution in [3.8, 4) is 0 Å². The Labute approximate surface area is 224 Å². The van der Waals surface area contributed by atoms with Crippen molar-refractivity contribution in [3.63, 3.8) is 0 Å². The van der Waals surface area contributed by atoms with Crippen LogP contribution in [0.5, 0.6) is 0 Å². The Hall–Kier alpha value is -3.51. The first-order valence-electron chi connectivity index (χ1n) is 13.0. The molecule has 1 unspecified atom stereocenters.